The molecule has 9 heteroatoms. The number of carbonyl (C=O) groups is 3. The van der Waals surface area contributed by atoms with Crippen molar-refractivity contribution in [2.45, 2.75) is 77.0 Å². The summed E-state index contributed by atoms with van der Waals surface area (Å²) in [5.74, 6) is -0.196. The molecular formula is C23H31N5O4. The lowest BCUT2D eigenvalue weighted by molar-refractivity contribution is -0.133. The maximum Gasteiger partial charge on any atom is 0.273 e. The second-order valence-corrected chi connectivity index (χ2v) is 8.87. The molecule has 1 atom stereocenters. The minimum Gasteiger partial charge on any atom is -0.467 e. The predicted octanol–water partition coefficient (Wildman–Crippen LogP) is 2.48. The summed E-state index contributed by atoms with van der Waals surface area (Å²) in [5, 5.41) is 10.3. The Kier molecular flexibility index (Phi) is 6.34. The summed E-state index contributed by atoms with van der Waals surface area (Å²) in [6.07, 6.45) is 7.40. The van der Waals surface area contributed by atoms with Gasteiger partial charge in [-0.15, -0.1) is 0 Å². The van der Waals surface area contributed by atoms with Gasteiger partial charge in [0.05, 0.1) is 19.4 Å². The molecule has 2 aliphatic rings. The Labute approximate surface area is 187 Å². The maximum atomic E-state index is 13.4. The third kappa shape index (κ3) is 4.28. The van der Waals surface area contributed by atoms with Crippen molar-refractivity contribution in [2.24, 2.45) is 0 Å². The minimum absolute atomic E-state index is 0.149. The topological polar surface area (TPSA) is 109 Å². The number of nitrogens with zero attached hydrogens (tertiary/aromatic N) is 3. The van der Waals surface area contributed by atoms with Gasteiger partial charge in [0.2, 0.25) is 5.91 Å². The van der Waals surface area contributed by atoms with E-state index < -0.39 is 11.4 Å². The molecule has 32 heavy (non-hydrogen) atoms. The number of carbonyl (C=O) groups excluding carboxylic acids is 3. The van der Waals surface area contributed by atoms with Gasteiger partial charge in [0.15, 0.2) is 5.69 Å². The van der Waals surface area contributed by atoms with Crippen LogP contribution in [0.15, 0.2) is 28.9 Å². The third-order valence-corrected chi connectivity index (χ3v) is 6.45. The fraction of sp³-hybridized carbons (Fsp3) is 0.565. The Bertz CT molecular complexity index is 977. The van der Waals surface area contributed by atoms with Gasteiger partial charge in [0.25, 0.3) is 11.8 Å². The van der Waals surface area contributed by atoms with Crippen LogP contribution in [-0.4, -0.2) is 50.5 Å². The lowest BCUT2D eigenvalue weighted by atomic mass is 9.94. The van der Waals surface area contributed by atoms with Crippen LogP contribution in [0, 0.1) is 0 Å². The molecule has 3 amide bonds. The summed E-state index contributed by atoms with van der Waals surface area (Å²) in [6, 6.07) is 5.18. The van der Waals surface area contributed by atoms with Crippen molar-refractivity contribution in [1.29, 1.82) is 0 Å². The van der Waals surface area contributed by atoms with Crippen molar-refractivity contribution in [3.63, 3.8) is 0 Å². The smallest absolute Gasteiger partial charge is 0.273 e. The van der Waals surface area contributed by atoms with Gasteiger partial charge in [-0.2, -0.15) is 5.10 Å². The van der Waals surface area contributed by atoms with Gasteiger partial charge in [-0.25, -0.2) is 0 Å². The lowest BCUT2D eigenvalue weighted by Crippen LogP contribution is -2.65. The number of aromatic nitrogens is 2. The van der Waals surface area contributed by atoms with Crippen LogP contribution in [0.2, 0.25) is 0 Å². The molecule has 0 aromatic carbocycles. The molecule has 0 unspecified atom stereocenters. The Balaban J connectivity index is 1.56. The van der Waals surface area contributed by atoms with Crippen LogP contribution < -0.4 is 10.6 Å². The molecule has 172 valence electrons. The SMILES string of the molecule is CCCCN1C(=O)c2cc(C(=O)NCc3ccco3)nn2C[C@]1(C)C(=O)NC1CCCC1. The zero-order valence-corrected chi connectivity index (χ0v) is 18.7. The molecule has 1 fully saturated rings. The Morgan fingerprint density at radius 3 is 2.78 bits per heavy atom. The first-order valence-electron chi connectivity index (χ1n) is 11.4. The largest absolute Gasteiger partial charge is 0.467 e. The van der Waals surface area contributed by atoms with Crippen LogP contribution in [-0.2, 0) is 17.9 Å². The molecule has 0 bridgehead atoms. The van der Waals surface area contributed by atoms with Crippen LogP contribution in [0.4, 0.5) is 0 Å². The average molecular weight is 442 g/mol. The van der Waals surface area contributed by atoms with Gasteiger partial charge >= 0.3 is 0 Å². The van der Waals surface area contributed by atoms with Crippen molar-refractivity contribution >= 4 is 17.7 Å². The van der Waals surface area contributed by atoms with Gasteiger partial charge in [-0.05, 0) is 38.3 Å². The van der Waals surface area contributed by atoms with Crippen LogP contribution in [0.25, 0.3) is 0 Å². The summed E-state index contributed by atoms with van der Waals surface area (Å²) in [6.45, 7) is 4.77. The van der Waals surface area contributed by atoms with Crippen LogP contribution in [0.3, 0.4) is 0 Å². The summed E-state index contributed by atoms with van der Waals surface area (Å²) >= 11 is 0. The van der Waals surface area contributed by atoms with Gasteiger partial charge in [0.1, 0.15) is 17.0 Å². The number of nitrogens with one attached hydrogen (secondary N) is 2. The zero-order chi connectivity index (χ0) is 22.7. The van der Waals surface area contributed by atoms with E-state index in [-0.39, 0.29) is 36.6 Å². The standard InChI is InChI=1S/C23H31N5O4/c1-3-4-11-27-21(30)19-13-18(20(29)24-14-17-10-7-12-32-17)26-28(19)15-23(27,2)22(31)25-16-8-5-6-9-16/h7,10,12-13,16H,3-6,8-9,11,14-15H2,1-2H3,(H,24,29)(H,25,31)/t23-/m1/s1. The Morgan fingerprint density at radius 2 is 2.09 bits per heavy atom. The first kappa shape index (κ1) is 22.1. The first-order valence-corrected chi connectivity index (χ1v) is 11.4. The molecule has 1 aliphatic carbocycles. The van der Waals surface area contributed by atoms with E-state index in [4.69, 9.17) is 4.42 Å². The van der Waals surface area contributed by atoms with Gasteiger partial charge in [-0.1, -0.05) is 26.2 Å². The second-order valence-electron chi connectivity index (χ2n) is 8.87. The monoisotopic (exact) mass is 441 g/mol. The molecule has 3 heterocycles. The number of furan rings is 1. The fourth-order valence-corrected chi connectivity index (χ4v) is 4.50. The number of hydrogen-bond donors (Lipinski definition) is 2. The lowest BCUT2D eigenvalue weighted by Gasteiger charge is -2.43. The van der Waals surface area contributed by atoms with E-state index in [2.05, 4.69) is 22.7 Å². The summed E-state index contributed by atoms with van der Waals surface area (Å²) in [5.41, 5.74) is -0.582. The van der Waals surface area contributed by atoms with Crippen LogP contribution in [0.5, 0.6) is 0 Å². The normalized spacial score (nSPS) is 20.9. The van der Waals surface area contributed by atoms with E-state index in [0.717, 1.165) is 38.5 Å². The highest BCUT2D eigenvalue weighted by Gasteiger charge is 2.48. The summed E-state index contributed by atoms with van der Waals surface area (Å²) in [7, 11) is 0. The number of amides is 3. The molecular weight excluding hydrogens is 410 g/mol. The van der Waals surface area contributed by atoms with Gasteiger partial charge < -0.3 is 20.0 Å². The van der Waals surface area contributed by atoms with E-state index in [1.165, 1.54) is 17.0 Å². The highest BCUT2D eigenvalue weighted by atomic mass is 16.3. The van der Waals surface area contributed by atoms with Crippen molar-refractivity contribution < 1.29 is 18.8 Å². The quantitative estimate of drug-likeness (QED) is 0.654. The molecule has 1 saturated carbocycles. The fourth-order valence-electron chi connectivity index (χ4n) is 4.50. The average Bonchev–Trinajstić information content (AvgIpc) is 3.53. The number of fused-ring (bicyclic) bond motifs is 1. The van der Waals surface area contributed by atoms with E-state index in [1.54, 1.807) is 24.0 Å². The molecule has 0 spiro atoms. The van der Waals surface area contributed by atoms with Crippen molar-refractivity contribution in [2.75, 3.05) is 6.54 Å². The highest BCUT2D eigenvalue weighted by molar-refractivity contribution is 6.01. The predicted molar refractivity (Wildman–Crippen MR) is 117 cm³/mol. The molecule has 1 aliphatic heterocycles. The molecule has 0 radical (unpaired) electrons. The van der Waals surface area contributed by atoms with E-state index in [9.17, 15) is 14.4 Å². The van der Waals surface area contributed by atoms with E-state index >= 15 is 0 Å². The van der Waals surface area contributed by atoms with Crippen molar-refractivity contribution in [3.05, 3.63) is 41.6 Å². The van der Waals surface area contributed by atoms with Crippen molar-refractivity contribution in [3.8, 4) is 0 Å². The Hall–Kier alpha value is -3.10. The minimum atomic E-state index is -1.06. The van der Waals surface area contributed by atoms with Crippen LogP contribution >= 0.6 is 0 Å². The maximum absolute atomic E-state index is 13.4. The highest BCUT2D eigenvalue weighted by Crippen LogP contribution is 2.29. The molecule has 0 saturated heterocycles. The second kappa shape index (κ2) is 9.18. The Morgan fingerprint density at radius 1 is 1.31 bits per heavy atom. The zero-order valence-electron chi connectivity index (χ0n) is 18.7. The third-order valence-electron chi connectivity index (χ3n) is 6.45. The molecule has 2 aromatic rings. The molecule has 9 nitrogen and oxygen atoms in total. The van der Waals surface area contributed by atoms with Crippen molar-refractivity contribution in [1.82, 2.24) is 25.3 Å². The molecule has 4 rings (SSSR count). The van der Waals surface area contributed by atoms with E-state index in [0.29, 0.717) is 18.0 Å². The summed E-state index contributed by atoms with van der Waals surface area (Å²) < 4.78 is 6.73. The van der Waals surface area contributed by atoms with Gasteiger partial charge in [0, 0.05) is 18.7 Å². The number of rotatable bonds is 8. The van der Waals surface area contributed by atoms with Crippen LogP contribution in [0.1, 0.15) is 79.1 Å². The van der Waals surface area contributed by atoms with Gasteiger partial charge in [-0.3, -0.25) is 19.1 Å². The summed E-state index contributed by atoms with van der Waals surface area (Å²) in [4.78, 5) is 41.0. The number of unbranched alkanes of at least 4 members (excludes halogenated alkanes) is 1. The number of hydrogen-bond acceptors (Lipinski definition) is 5. The molecule has 2 N–H and O–H groups in total. The first-order chi connectivity index (χ1) is 15.4. The molecule has 2 aromatic heterocycles. The van der Waals surface area contributed by atoms with E-state index in [1.807, 2.05) is 0 Å².